The number of amides is 2. The maximum atomic E-state index is 12.9. The first kappa shape index (κ1) is 22.3. The van der Waals surface area contributed by atoms with Gasteiger partial charge in [0.05, 0.1) is 21.9 Å². The molecule has 0 aliphatic carbocycles. The highest BCUT2D eigenvalue weighted by Crippen LogP contribution is 2.39. The van der Waals surface area contributed by atoms with E-state index in [1.165, 1.54) is 18.2 Å². The Morgan fingerprint density at radius 3 is 2.33 bits per heavy atom. The van der Waals surface area contributed by atoms with E-state index in [9.17, 15) is 18.0 Å². The fraction of sp³-hybridized carbons (Fsp3) is 0.364. The van der Waals surface area contributed by atoms with E-state index in [1.807, 2.05) is 45.0 Å². The van der Waals surface area contributed by atoms with Crippen LogP contribution in [0.5, 0.6) is 0 Å². The van der Waals surface area contributed by atoms with E-state index in [2.05, 4.69) is 5.32 Å². The summed E-state index contributed by atoms with van der Waals surface area (Å²) in [6, 6.07) is 11.8. The van der Waals surface area contributed by atoms with Crippen LogP contribution >= 0.6 is 11.6 Å². The number of rotatable bonds is 3. The van der Waals surface area contributed by atoms with Crippen molar-refractivity contribution in [3.63, 3.8) is 0 Å². The van der Waals surface area contributed by atoms with Crippen molar-refractivity contribution in [2.75, 3.05) is 15.4 Å². The van der Waals surface area contributed by atoms with Crippen LogP contribution in [-0.2, 0) is 20.2 Å². The van der Waals surface area contributed by atoms with Gasteiger partial charge in [-0.1, -0.05) is 50.6 Å². The van der Waals surface area contributed by atoms with Crippen LogP contribution < -0.4 is 9.62 Å². The first-order chi connectivity index (χ1) is 13.7. The van der Waals surface area contributed by atoms with Crippen LogP contribution in [0.3, 0.4) is 0 Å². The summed E-state index contributed by atoms with van der Waals surface area (Å²) < 4.78 is 25.9. The second-order valence-corrected chi connectivity index (χ2v) is 11.4. The molecule has 1 fully saturated rings. The van der Waals surface area contributed by atoms with Gasteiger partial charge < -0.3 is 5.32 Å². The highest BCUT2D eigenvalue weighted by Gasteiger charge is 2.50. The van der Waals surface area contributed by atoms with Gasteiger partial charge in [-0.15, -0.1) is 0 Å². The number of anilines is 2. The predicted octanol–water partition coefficient (Wildman–Crippen LogP) is 4.59. The molecule has 0 saturated carbocycles. The highest BCUT2D eigenvalue weighted by molar-refractivity contribution is 7.94. The minimum atomic E-state index is -3.88. The molecule has 1 heterocycles. The van der Waals surface area contributed by atoms with Gasteiger partial charge in [0.15, 0.2) is 0 Å². The largest absolute Gasteiger partial charge is 0.322 e. The van der Waals surface area contributed by atoms with Gasteiger partial charge in [0, 0.05) is 11.3 Å². The molecule has 2 aromatic carbocycles. The highest BCUT2D eigenvalue weighted by atomic mass is 35.5. The van der Waals surface area contributed by atoms with Crippen LogP contribution in [0.2, 0.25) is 5.02 Å². The van der Waals surface area contributed by atoms with Crippen molar-refractivity contribution in [3.8, 4) is 0 Å². The molecule has 1 aliphatic rings. The number of para-hydroxylation sites is 1. The standard InChI is InChI=1S/C22H25ClN2O4S/c1-21(2,3)15-8-6-7-9-17(15)24-19(26)14-10-11-16(23)18(12-14)25-20(27)22(4,5)13-30(25,28)29/h6-12H,13H2,1-5H3,(H,24,26). The molecule has 2 aromatic rings. The first-order valence-corrected chi connectivity index (χ1v) is 11.5. The van der Waals surface area contributed by atoms with Crippen LogP contribution in [0.15, 0.2) is 42.5 Å². The summed E-state index contributed by atoms with van der Waals surface area (Å²) in [5.74, 6) is -1.31. The van der Waals surface area contributed by atoms with Crippen LogP contribution in [0.25, 0.3) is 0 Å². The molecule has 0 spiro atoms. The molecule has 0 unspecified atom stereocenters. The summed E-state index contributed by atoms with van der Waals surface area (Å²) >= 11 is 6.22. The van der Waals surface area contributed by atoms with Gasteiger partial charge in [0.25, 0.3) is 5.91 Å². The normalized spacial score (nSPS) is 17.8. The SMILES string of the molecule is CC1(C)CS(=O)(=O)N(c2cc(C(=O)Nc3ccccc3C(C)(C)C)ccc2Cl)C1=O. The molecule has 6 nitrogen and oxygen atoms in total. The number of carbonyl (C=O) groups excluding carboxylic acids is 2. The fourth-order valence-corrected chi connectivity index (χ4v) is 5.86. The number of nitrogens with zero attached hydrogens (tertiary/aromatic N) is 1. The number of halogens is 1. The molecule has 0 bridgehead atoms. The number of hydrogen-bond acceptors (Lipinski definition) is 4. The number of nitrogens with one attached hydrogen (secondary N) is 1. The summed E-state index contributed by atoms with van der Waals surface area (Å²) in [4.78, 5) is 25.6. The van der Waals surface area contributed by atoms with Gasteiger partial charge in [0.2, 0.25) is 15.9 Å². The molecular formula is C22H25ClN2O4S. The lowest BCUT2D eigenvalue weighted by Gasteiger charge is -2.23. The number of benzene rings is 2. The molecule has 3 rings (SSSR count). The molecule has 8 heteroatoms. The molecule has 30 heavy (non-hydrogen) atoms. The maximum absolute atomic E-state index is 12.9. The summed E-state index contributed by atoms with van der Waals surface area (Å²) in [5, 5.41) is 2.96. The zero-order chi connectivity index (χ0) is 22.5. The van der Waals surface area contributed by atoms with Gasteiger partial charge >= 0.3 is 0 Å². The van der Waals surface area contributed by atoms with Crippen LogP contribution in [-0.4, -0.2) is 26.0 Å². The van der Waals surface area contributed by atoms with E-state index in [1.54, 1.807) is 13.8 Å². The smallest absolute Gasteiger partial charge is 0.255 e. The first-order valence-electron chi connectivity index (χ1n) is 9.52. The Bertz CT molecular complexity index is 1130. The molecule has 0 atom stereocenters. The lowest BCUT2D eigenvalue weighted by atomic mass is 9.86. The molecule has 1 N–H and O–H groups in total. The van der Waals surface area contributed by atoms with Gasteiger partial charge in [-0.2, -0.15) is 0 Å². The average Bonchev–Trinajstić information content (AvgIpc) is 2.78. The summed E-state index contributed by atoms with van der Waals surface area (Å²) in [6.45, 7) is 9.28. The minimum absolute atomic E-state index is 0.0102. The Hall–Kier alpha value is -2.38. The molecule has 0 aromatic heterocycles. The monoisotopic (exact) mass is 448 g/mol. The van der Waals surface area contributed by atoms with Crippen molar-refractivity contribution in [2.24, 2.45) is 5.41 Å². The number of sulfonamides is 1. The summed E-state index contributed by atoms with van der Waals surface area (Å²) in [5.41, 5.74) is 0.571. The van der Waals surface area contributed by atoms with E-state index >= 15 is 0 Å². The molecule has 160 valence electrons. The topological polar surface area (TPSA) is 83.6 Å². The number of hydrogen-bond donors (Lipinski definition) is 1. The van der Waals surface area contributed by atoms with E-state index in [-0.39, 0.29) is 27.4 Å². The van der Waals surface area contributed by atoms with E-state index in [0.29, 0.717) is 5.69 Å². The van der Waals surface area contributed by atoms with E-state index < -0.39 is 27.3 Å². The zero-order valence-electron chi connectivity index (χ0n) is 17.6. The Morgan fingerprint density at radius 1 is 1.13 bits per heavy atom. The van der Waals surface area contributed by atoms with Crippen molar-refractivity contribution < 1.29 is 18.0 Å². The minimum Gasteiger partial charge on any atom is -0.322 e. The van der Waals surface area contributed by atoms with E-state index in [0.717, 1.165) is 9.87 Å². The fourth-order valence-electron chi connectivity index (χ4n) is 3.49. The van der Waals surface area contributed by atoms with Crippen molar-refractivity contribution >= 4 is 44.8 Å². The lowest BCUT2D eigenvalue weighted by Crippen LogP contribution is -2.33. The van der Waals surface area contributed by atoms with Gasteiger partial charge in [-0.3, -0.25) is 9.59 Å². The third-order valence-electron chi connectivity index (χ3n) is 5.00. The third-order valence-corrected chi connectivity index (χ3v) is 7.32. The van der Waals surface area contributed by atoms with Gasteiger partial charge in [0.1, 0.15) is 0 Å². The van der Waals surface area contributed by atoms with Crippen molar-refractivity contribution in [1.82, 2.24) is 0 Å². The second kappa shape index (κ2) is 7.39. The van der Waals surface area contributed by atoms with Crippen LogP contribution in [0, 0.1) is 5.41 Å². The Kier molecular flexibility index (Phi) is 5.50. The second-order valence-electron chi connectivity index (χ2n) is 9.13. The molecule has 0 radical (unpaired) electrons. The summed E-state index contributed by atoms with van der Waals surface area (Å²) in [7, 11) is -3.88. The summed E-state index contributed by atoms with van der Waals surface area (Å²) in [6.07, 6.45) is 0. The average molecular weight is 449 g/mol. The lowest BCUT2D eigenvalue weighted by molar-refractivity contribution is -0.123. The third kappa shape index (κ3) is 4.09. The van der Waals surface area contributed by atoms with Crippen molar-refractivity contribution in [1.29, 1.82) is 0 Å². The van der Waals surface area contributed by atoms with Crippen LogP contribution in [0.4, 0.5) is 11.4 Å². The predicted molar refractivity (Wildman–Crippen MR) is 120 cm³/mol. The van der Waals surface area contributed by atoms with Gasteiger partial charge in [-0.25, -0.2) is 12.7 Å². The Morgan fingerprint density at radius 2 is 1.77 bits per heavy atom. The quantitative estimate of drug-likeness (QED) is 0.744. The molecule has 2 amide bonds. The number of carbonyl (C=O) groups is 2. The zero-order valence-corrected chi connectivity index (χ0v) is 19.2. The molecule has 1 aliphatic heterocycles. The molecular weight excluding hydrogens is 424 g/mol. The molecule has 1 saturated heterocycles. The van der Waals surface area contributed by atoms with E-state index in [4.69, 9.17) is 11.6 Å². The van der Waals surface area contributed by atoms with Crippen molar-refractivity contribution in [3.05, 3.63) is 58.6 Å². The maximum Gasteiger partial charge on any atom is 0.255 e. The van der Waals surface area contributed by atoms with Crippen LogP contribution in [0.1, 0.15) is 50.5 Å². The van der Waals surface area contributed by atoms with Crippen molar-refractivity contribution in [2.45, 2.75) is 40.0 Å². The Labute approximate surface area is 182 Å². The van der Waals surface area contributed by atoms with Gasteiger partial charge in [-0.05, 0) is 49.1 Å². The Balaban J connectivity index is 1.99.